The summed E-state index contributed by atoms with van der Waals surface area (Å²) < 4.78 is 13.1. The van der Waals surface area contributed by atoms with Crippen molar-refractivity contribution in [3.8, 4) is 11.1 Å². The van der Waals surface area contributed by atoms with Crippen LogP contribution in [0, 0.1) is 0 Å². The predicted molar refractivity (Wildman–Crippen MR) is 159 cm³/mol. The van der Waals surface area contributed by atoms with E-state index >= 15 is 0 Å². The lowest BCUT2D eigenvalue weighted by Gasteiger charge is -2.39. The van der Waals surface area contributed by atoms with Crippen LogP contribution in [0.1, 0.15) is 73.2 Å². The molecule has 1 amide bonds. The molecule has 2 heterocycles. The summed E-state index contributed by atoms with van der Waals surface area (Å²) in [6.07, 6.45) is 3.79. The molecule has 0 aliphatic carbocycles. The van der Waals surface area contributed by atoms with Gasteiger partial charge >= 0.3 is 5.97 Å². The number of carbonyl (C=O) groups excluding carboxylic acids is 1. The van der Waals surface area contributed by atoms with Crippen molar-refractivity contribution >= 4 is 11.9 Å². The molecule has 222 valence electrons. The molecule has 3 N–H and O–H groups in total. The van der Waals surface area contributed by atoms with E-state index in [1.807, 2.05) is 48.5 Å². The van der Waals surface area contributed by atoms with Gasteiger partial charge in [-0.05, 0) is 59.8 Å². The maximum Gasteiger partial charge on any atom is 0.303 e. The van der Waals surface area contributed by atoms with Crippen molar-refractivity contribution in [3.63, 3.8) is 0 Å². The minimum Gasteiger partial charge on any atom is -0.481 e. The van der Waals surface area contributed by atoms with Gasteiger partial charge in [0.2, 0.25) is 5.91 Å². The fraction of sp³-hybridized carbons (Fsp3) is 0.412. The number of ether oxygens (including phenoxy) is 2. The summed E-state index contributed by atoms with van der Waals surface area (Å²) in [4.78, 5) is 25.1. The number of piperidine rings is 1. The van der Waals surface area contributed by atoms with Crippen molar-refractivity contribution in [2.45, 2.75) is 70.2 Å². The van der Waals surface area contributed by atoms with Crippen LogP contribution >= 0.6 is 0 Å². The van der Waals surface area contributed by atoms with E-state index < -0.39 is 12.3 Å². The topological polar surface area (TPSA) is 108 Å². The maximum absolute atomic E-state index is 11.9. The van der Waals surface area contributed by atoms with Crippen molar-refractivity contribution in [2.75, 3.05) is 19.6 Å². The number of rotatable bonds is 11. The zero-order valence-electron chi connectivity index (χ0n) is 23.9. The molecule has 2 aliphatic heterocycles. The van der Waals surface area contributed by atoms with Gasteiger partial charge in [-0.1, -0.05) is 73.2 Å². The lowest BCUT2D eigenvalue weighted by molar-refractivity contribution is -0.253. The summed E-state index contributed by atoms with van der Waals surface area (Å²) in [5.41, 5.74) is 5.93. The third-order valence-corrected chi connectivity index (χ3v) is 8.02. The number of hydrogen-bond donors (Lipinski definition) is 3. The first kappa shape index (κ1) is 29.9. The van der Waals surface area contributed by atoms with Crippen molar-refractivity contribution < 1.29 is 29.3 Å². The highest BCUT2D eigenvalue weighted by molar-refractivity contribution is 5.80. The van der Waals surface area contributed by atoms with E-state index in [4.69, 9.17) is 14.6 Å². The maximum atomic E-state index is 11.9. The predicted octanol–water partition coefficient (Wildman–Crippen LogP) is 5.36. The van der Waals surface area contributed by atoms with Gasteiger partial charge in [-0.2, -0.15) is 0 Å². The van der Waals surface area contributed by atoms with Crippen LogP contribution in [0.4, 0.5) is 0 Å². The molecule has 3 aromatic carbocycles. The molecule has 0 bridgehead atoms. The van der Waals surface area contributed by atoms with Crippen LogP contribution in [0.2, 0.25) is 0 Å². The van der Waals surface area contributed by atoms with E-state index in [-0.39, 0.29) is 37.6 Å². The standard InChI is InChI=1S/C34H40N2O6/c37-23-24-7-9-27(10-8-24)31-20-30(22-36-17-2-1-3-18-36)41-34(42-31)28-13-11-26(12-14-28)29-6-4-5-25(19-29)21-35-32(38)15-16-33(39)40/h4-14,19,30-31,34,37H,1-3,15-18,20-23H2,(H,35,38)(H,39,40)/t30-,31+,34+/m1/s1. The number of carbonyl (C=O) groups is 2. The first-order chi connectivity index (χ1) is 20.5. The Labute approximate surface area is 247 Å². The molecule has 0 unspecified atom stereocenters. The molecule has 42 heavy (non-hydrogen) atoms. The van der Waals surface area contributed by atoms with Crippen molar-refractivity contribution in [3.05, 3.63) is 95.1 Å². The van der Waals surface area contributed by atoms with Gasteiger partial charge in [-0.3, -0.25) is 9.59 Å². The fourth-order valence-corrected chi connectivity index (χ4v) is 5.67. The SMILES string of the molecule is O=C(O)CCC(=O)NCc1cccc(-c2ccc([C@H]3O[C@@H](CN4CCCCC4)C[C@@H](c4ccc(CO)cc4)O3)cc2)c1. The third-order valence-electron chi connectivity index (χ3n) is 8.02. The first-order valence-corrected chi connectivity index (χ1v) is 14.9. The Morgan fingerprint density at radius 2 is 1.57 bits per heavy atom. The van der Waals surface area contributed by atoms with Crippen molar-refractivity contribution in [1.82, 2.24) is 10.2 Å². The van der Waals surface area contributed by atoms with Crippen molar-refractivity contribution in [1.29, 1.82) is 0 Å². The number of nitrogens with zero attached hydrogens (tertiary/aromatic N) is 1. The van der Waals surface area contributed by atoms with Crippen LogP contribution in [0.3, 0.4) is 0 Å². The fourth-order valence-electron chi connectivity index (χ4n) is 5.67. The highest BCUT2D eigenvalue weighted by atomic mass is 16.7. The Morgan fingerprint density at radius 3 is 2.29 bits per heavy atom. The number of hydrogen-bond acceptors (Lipinski definition) is 6. The second kappa shape index (κ2) is 14.6. The summed E-state index contributed by atoms with van der Waals surface area (Å²) in [7, 11) is 0. The molecule has 8 heteroatoms. The van der Waals surface area contributed by atoms with E-state index in [9.17, 15) is 14.7 Å². The minimum atomic E-state index is -0.982. The number of amides is 1. The molecule has 2 aliphatic rings. The Balaban J connectivity index is 1.27. The average Bonchev–Trinajstić information content (AvgIpc) is 3.03. The summed E-state index contributed by atoms with van der Waals surface area (Å²) in [6.45, 7) is 3.48. The van der Waals surface area contributed by atoms with Crippen LogP contribution < -0.4 is 5.32 Å². The molecular formula is C34H40N2O6. The summed E-state index contributed by atoms with van der Waals surface area (Å²) in [6, 6.07) is 24.2. The van der Waals surface area contributed by atoms with Gasteiger partial charge in [0.25, 0.3) is 0 Å². The van der Waals surface area contributed by atoms with Gasteiger partial charge in [0, 0.05) is 31.5 Å². The number of benzene rings is 3. The molecule has 2 saturated heterocycles. The van der Waals surface area contributed by atoms with Crippen LogP contribution in [0.15, 0.2) is 72.8 Å². The van der Waals surface area contributed by atoms with Crippen LogP contribution in [-0.4, -0.2) is 52.7 Å². The molecule has 0 aromatic heterocycles. The van der Waals surface area contributed by atoms with E-state index in [0.717, 1.165) is 59.4 Å². The first-order valence-electron chi connectivity index (χ1n) is 14.9. The van der Waals surface area contributed by atoms with Gasteiger partial charge in [-0.25, -0.2) is 0 Å². The van der Waals surface area contributed by atoms with Crippen LogP contribution in [0.5, 0.6) is 0 Å². The largest absolute Gasteiger partial charge is 0.481 e. The molecular weight excluding hydrogens is 532 g/mol. The van der Waals surface area contributed by atoms with E-state index in [2.05, 4.69) is 34.5 Å². The van der Waals surface area contributed by atoms with Crippen molar-refractivity contribution in [2.24, 2.45) is 0 Å². The molecule has 3 atom stereocenters. The highest BCUT2D eigenvalue weighted by Crippen LogP contribution is 2.39. The number of nitrogens with one attached hydrogen (secondary N) is 1. The number of carboxylic acids is 1. The van der Waals surface area contributed by atoms with Gasteiger partial charge in [-0.15, -0.1) is 0 Å². The average molecular weight is 573 g/mol. The molecule has 3 aromatic rings. The minimum absolute atomic E-state index is 0.0197. The normalized spacial score (nSPS) is 21.1. The molecule has 0 radical (unpaired) electrons. The van der Waals surface area contributed by atoms with Crippen LogP contribution in [0.25, 0.3) is 11.1 Å². The molecule has 0 saturated carbocycles. The summed E-state index contributed by atoms with van der Waals surface area (Å²) >= 11 is 0. The zero-order valence-corrected chi connectivity index (χ0v) is 23.9. The third kappa shape index (κ3) is 8.26. The molecule has 8 nitrogen and oxygen atoms in total. The van der Waals surface area contributed by atoms with Crippen LogP contribution in [-0.2, 0) is 32.2 Å². The van der Waals surface area contributed by atoms with E-state index in [0.29, 0.717) is 6.54 Å². The summed E-state index contributed by atoms with van der Waals surface area (Å²) in [5, 5.41) is 21.0. The Kier molecular flexibility index (Phi) is 10.4. The second-order valence-corrected chi connectivity index (χ2v) is 11.2. The van der Waals surface area contributed by atoms with E-state index in [1.165, 1.54) is 19.3 Å². The van der Waals surface area contributed by atoms with E-state index in [1.54, 1.807) is 0 Å². The number of likely N-dealkylation sites (tertiary alicyclic amines) is 1. The Hall–Kier alpha value is -3.56. The molecule has 2 fully saturated rings. The molecule has 0 spiro atoms. The Morgan fingerprint density at radius 1 is 0.833 bits per heavy atom. The van der Waals surface area contributed by atoms with Gasteiger partial charge < -0.3 is 29.9 Å². The monoisotopic (exact) mass is 572 g/mol. The summed E-state index contributed by atoms with van der Waals surface area (Å²) in [5.74, 6) is -1.26. The number of aliphatic hydroxyl groups is 1. The number of aliphatic hydroxyl groups excluding tert-OH is 1. The quantitative estimate of drug-likeness (QED) is 0.284. The second-order valence-electron chi connectivity index (χ2n) is 11.2. The smallest absolute Gasteiger partial charge is 0.303 e. The lowest BCUT2D eigenvalue weighted by atomic mass is 9.98. The van der Waals surface area contributed by atoms with Gasteiger partial charge in [0.15, 0.2) is 6.29 Å². The Bertz CT molecular complexity index is 1320. The molecule has 5 rings (SSSR count). The van der Waals surface area contributed by atoms with Gasteiger partial charge in [0.1, 0.15) is 0 Å². The lowest BCUT2D eigenvalue weighted by Crippen LogP contribution is -2.41. The highest BCUT2D eigenvalue weighted by Gasteiger charge is 2.33. The number of carboxylic acid groups (broad SMARTS) is 1. The van der Waals surface area contributed by atoms with Gasteiger partial charge in [0.05, 0.1) is 25.2 Å². The number of aliphatic carboxylic acids is 1. The zero-order chi connectivity index (χ0) is 29.3.